The zero-order valence-electron chi connectivity index (χ0n) is 32.1. The molecule has 1 aromatic carbocycles. The number of alkyl carbamates (subject to hydrolysis) is 1. The van der Waals surface area contributed by atoms with Crippen molar-refractivity contribution < 1.29 is 37.1 Å². The van der Waals surface area contributed by atoms with Gasteiger partial charge >= 0.3 is 6.09 Å². The first-order valence-electron chi connectivity index (χ1n) is 19.1. The van der Waals surface area contributed by atoms with Gasteiger partial charge in [0, 0.05) is 13.0 Å². The lowest BCUT2D eigenvalue weighted by Gasteiger charge is -2.36. The molecule has 2 aromatic rings. The molecule has 4 aliphatic rings. The zero-order valence-corrected chi connectivity index (χ0v) is 32.9. The van der Waals surface area contributed by atoms with Crippen LogP contribution < -0.4 is 20.1 Å². The summed E-state index contributed by atoms with van der Waals surface area (Å²) < 4.78 is 42.9. The molecule has 2 spiro atoms. The van der Waals surface area contributed by atoms with Crippen molar-refractivity contribution in [1.29, 1.82) is 0 Å². The predicted octanol–water partition coefficient (Wildman–Crippen LogP) is 4.55. The molecule has 2 bridgehead atoms. The Balaban J connectivity index is 1.36. The fourth-order valence-corrected chi connectivity index (χ4v) is 9.62. The average Bonchev–Trinajstić information content (AvgIpc) is 3.93. The molecule has 1 aromatic heterocycles. The second-order valence-electron chi connectivity index (χ2n) is 17.5. The van der Waals surface area contributed by atoms with Crippen LogP contribution in [0.4, 0.5) is 4.79 Å². The van der Waals surface area contributed by atoms with Crippen molar-refractivity contribution in [2.75, 3.05) is 6.54 Å². The number of hydrogen-bond acceptors (Lipinski definition) is 9. The topological polar surface area (TPSA) is 178 Å². The summed E-state index contributed by atoms with van der Waals surface area (Å²) in [5.74, 6) is -2.12. The molecule has 15 heteroatoms. The molecule has 2 aliphatic heterocycles. The smallest absolute Gasteiger partial charge is 0.408 e. The molecule has 1 saturated heterocycles. The zero-order chi connectivity index (χ0) is 38.6. The minimum atomic E-state index is -4.01. The summed E-state index contributed by atoms with van der Waals surface area (Å²) in [5.41, 5.74) is -1.37. The van der Waals surface area contributed by atoms with E-state index < -0.39 is 73.3 Å². The molecule has 292 valence electrons. The van der Waals surface area contributed by atoms with Crippen LogP contribution in [0.25, 0.3) is 11.0 Å². The maximum atomic E-state index is 14.6. The molecule has 5 atom stereocenters. The Bertz CT molecular complexity index is 1860. The number of nitrogens with one attached hydrogen (secondary N) is 3. The number of ether oxygens (including phenoxy) is 2. The van der Waals surface area contributed by atoms with Crippen LogP contribution in [0.3, 0.4) is 0 Å². The number of carbonyl (C=O) groups is 4. The van der Waals surface area contributed by atoms with E-state index >= 15 is 0 Å². The fraction of sp³-hybridized carbons (Fsp3) is 0.711. The van der Waals surface area contributed by atoms with Gasteiger partial charge in [0.15, 0.2) is 0 Å². The van der Waals surface area contributed by atoms with Crippen LogP contribution in [0, 0.1) is 11.3 Å². The lowest BCUT2D eigenvalue weighted by Crippen LogP contribution is -2.60. The number of sulfonamides is 1. The van der Waals surface area contributed by atoms with Gasteiger partial charge in [0.1, 0.15) is 29.3 Å². The quantitative estimate of drug-likeness (QED) is 0.406. The molecule has 2 aliphatic carbocycles. The van der Waals surface area contributed by atoms with Gasteiger partial charge in [0.05, 0.1) is 22.3 Å². The SMILES string of the molecule is CC[C@@H]1C[C@@]12NC(=O)[C@@H]1CC(CN1C(=O)C(NC(=O)OC(C)(C)C)C(C)(C)C)Oc1nc3ccccc3n1CCCCCCC1(CC1)S(=O)(=O)NC2=O. The highest BCUT2D eigenvalue weighted by atomic mass is 32.2. The Kier molecular flexibility index (Phi) is 10.3. The third kappa shape index (κ3) is 8.00. The number of rotatable bonds is 3. The van der Waals surface area contributed by atoms with Gasteiger partial charge in [-0.1, -0.05) is 65.5 Å². The predicted molar refractivity (Wildman–Crippen MR) is 198 cm³/mol. The van der Waals surface area contributed by atoms with Crippen LogP contribution in [0.1, 0.15) is 113 Å². The van der Waals surface area contributed by atoms with Gasteiger partial charge in [0.25, 0.3) is 11.9 Å². The van der Waals surface area contributed by atoms with Crippen molar-refractivity contribution in [1.82, 2.24) is 29.8 Å². The first kappa shape index (κ1) is 38.8. The van der Waals surface area contributed by atoms with Crippen LogP contribution in [-0.4, -0.2) is 87.3 Å². The number of para-hydroxylation sites is 2. The number of likely N-dealkylation sites (tertiary alicyclic amines) is 1. The summed E-state index contributed by atoms with van der Waals surface area (Å²) in [4.78, 5) is 62.1. The van der Waals surface area contributed by atoms with Gasteiger partial charge in [-0.2, -0.15) is 4.98 Å². The first-order chi connectivity index (χ1) is 24.8. The van der Waals surface area contributed by atoms with Gasteiger partial charge in [-0.3, -0.25) is 23.7 Å². The van der Waals surface area contributed by atoms with Crippen molar-refractivity contribution in [3.63, 3.8) is 0 Å². The molecule has 2 unspecified atom stereocenters. The van der Waals surface area contributed by atoms with E-state index in [2.05, 4.69) is 15.4 Å². The Morgan fingerprint density at radius 1 is 1.06 bits per heavy atom. The molecule has 3 heterocycles. The van der Waals surface area contributed by atoms with Gasteiger partial charge < -0.3 is 25.0 Å². The molecular weight excluding hydrogens is 701 g/mol. The lowest BCUT2D eigenvalue weighted by atomic mass is 9.85. The minimum absolute atomic E-state index is 0.00993. The van der Waals surface area contributed by atoms with E-state index in [-0.39, 0.29) is 25.3 Å². The number of nitrogens with zero attached hydrogens (tertiary/aromatic N) is 3. The number of carbonyl (C=O) groups excluding carboxylic acids is 4. The maximum Gasteiger partial charge on any atom is 0.408 e. The van der Waals surface area contributed by atoms with E-state index in [1.165, 1.54) is 4.90 Å². The minimum Gasteiger partial charge on any atom is -0.459 e. The molecule has 6 rings (SSSR count). The van der Waals surface area contributed by atoms with Crippen LogP contribution in [0.2, 0.25) is 0 Å². The van der Waals surface area contributed by atoms with Crippen LogP contribution >= 0.6 is 0 Å². The highest BCUT2D eigenvalue weighted by Gasteiger charge is 2.64. The van der Waals surface area contributed by atoms with Crippen molar-refractivity contribution in [3.05, 3.63) is 24.3 Å². The highest BCUT2D eigenvalue weighted by Crippen LogP contribution is 2.50. The normalized spacial score (nSPS) is 28.1. The van der Waals surface area contributed by atoms with Gasteiger partial charge in [0.2, 0.25) is 21.8 Å². The Morgan fingerprint density at radius 2 is 1.75 bits per heavy atom. The summed E-state index contributed by atoms with van der Waals surface area (Å²) in [7, 11) is -4.01. The molecule has 2 saturated carbocycles. The van der Waals surface area contributed by atoms with Gasteiger partial charge in [-0.05, 0) is 76.3 Å². The number of amides is 4. The van der Waals surface area contributed by atoms with E-state index in [1.807, 2.05) is 56.5 Å². The lowest BCUT2D eigenvalue weighted by molar-refractivity contribution is -0.143. The van der Waals surface area contributed by atoms with Gasteiger partial charge in [-0.25, -0.2) is 13.2 Å². The number of aryl methyl sites for hydroxylation is 1. The van der Waals surface area contributed by atoms with Crippen molar-refractivity contribution in [2.24, 2.45) is 11.3 Å². The Labute approximate surface area is 312 Å². The summed E-state index contributed by atoms with van der Waals surface area (Å²) in [6, 6.07) is 5.95. The molecule has 14 nitrogen and oxygen atoms in total. The Morgan fingerprint density at radius 3 is 2.40 bits per heavy atom. The monoisotopic (exact) mass is 756 g/mol. The van der Waals surface area contributed by atoms with Crippen LogP contribution in [-0.2, 0) is 35.7 Å². The number of aromatic nitrogens is 2. The Hall–Kier alpha value is -3.88. The fourth-order valence-electron chi connectivity index (χ4n) is 7.92. The number of fused-ring (bicyclic) bond motifs is 5. The number of benzene rings is 1. The van der Waals surface area contributed by atoms with E-state index in [4.69, 9.17) is 14.5 Å². The molecule has 0 radical (unpaired) electrons. The van der Waals surface area contributed by atoms with Crippen LogP contribution in [0.15, 0.2) is 24.3 Å². The molecule has 4 amide bonds. The van der Waals surface area contributed by atoms with Crippen molar-refractivity contribution in [3.8, 4) is 6.01 Å². The second-order valence-corrected chi connectivity index (χ2v) is 19.6. The molecule has 3 N–H and O–H groups in total. The third-order valence-electron chi connectivity index (χ3n) is 11.2. The van der Waals surface area contributed by atoms with E-state index in [0.29, 0.717) is 44.7 Å². The average molecular weight is 757 g/mol. The van der Waals surface area contributed by atoms with Crippen LogP contribution in [0.5, 0.6) is 6.01 Å². The largest absolute Gasteiger partial charge is 0.459 e. The van der Waals surface area contributed by atoms with Crippen molar-refractivity contribution >= 4 is 44.9 Å². The second kappa shape index (κ2) is 14.1. The molecule has 3 fully saturated rings. The summed E-state index contributed by atoms with van der Waals surface area (Å²) in [6.07, 6.45) is 4.12. The van der Waals surface area contributed by atoms with E-state index in [1.54, 1.807) is 20.8 Å². The standard InChI is InChI=1S/C38H56N6O8S/c1-8-24-22-38(24)32(47)42-53(49,50)37(18-19-37)17-13-9-10-14-20-43-27-16-12-11-15-26(27)39-33(43)51-25-21-28(30(45)41-38)44(23-25)31(46)29(35(2,3)4)40-34(48)52-36(5,6)7/h11-12,15-16,24-25,28-29H,8-10,13-14,17-23H2,1-7H3,(H,40,48)(H,41,45)(H,42,47)/t24-,25?,28+,29?,38-/m1/s1. The highest BCUT2D eigenvalue weighted by molar-refractivity contribution is 7.91. The third-order valence-corrected chi connectivity index (χ3v) is 13.4. The van der Waals surface area contributed by atoms with E-state index in [0.717, 1.165) is 30.3 Å². The number of hydrogen-bond donors (Lipinski definition) is 3. The first-order valence-corrected chi connectivity index (χ1v) is 20.6. The summed E-state index contributed by atoms with van der Waals surface area (Å²) in [6.45, 7) is 13.1. The van der Waals surface area contributed by atoms with Gasteiger partial charge in [-0.15, -0.1) is 0 Å². The van der Waals surface area contributed by atoms with Crippen molar-refractivity contribution in [2.45, 2.75) is 153 Å². The van der Waals surface area contributed by atoms with E-state index in [9.17, 15) is 27.6 Å². The maximum absolute atomic E-state index is 14.6. The molecular formula is C38H56N6O8S. The molecule has 53 heavy (non-hydrogen) atoms. The number of imidazole rings is 1. The summed E-state index contributed by atoms with van der Waals surface area (Å²) >= 11 is 0. The summed E-state index contributed by atoms with van der Waals surface area (Å²) in [5, 5.41) is 5.67.